The molecule has 0 spiro atoms. The first-order valence-electron chi connectivity index (χ1n) is 11.2. The first-order chi connectivity index (χ1) is 12.2. The predicted octanol–water partition coefficient (Wildman–Crippen LogP) is 5.28. The van der Waals surface area contributed by atoms with Gasteiger partial charge in [-0.15, -0.1) is 0 Å². The Morgan fingerprint density at radius 3 is 1.60 bits per heavy atom. The molecule has 9 rings (SSSR count). The Morgan fingerprint density at radius 1 is 0.680 bits per heavy atom. The van der Waals surface area contributed by atoms with Gasteiger partial charge in [-0.05, 0) is 113 Å². The van der Waals surface area contributed by atoms with E-state index in [0.29, 0.717) is 11.0 Å². The molecule has 25 heavy (non-hydrogen) atoms. The molecule has 8 saturated carbocycles. The largest absolute Gasteiger partial charge is 0.328 e. The minimum absolute atomic E-state index is 0.462. The van der Waals surface area contributed by atoms with Crippen LogP contribution < -0.4 is 0 Å². The van der Waals surface area contributed by atoms with Gasteiger partial charge in [-0.3, -0.25) is 0 Å². The summed E-state index contributed by atoms with van der Waals surface area (Å²) in [5.74, 6) is 6.18. The van der Waals surface area contributed by atoms with Gasteiger partial charge >= 0.3 is 0 Å². The van der Waals surface area contributed by atoms with Gasteiger partial charge in [0.15, 0.2) is 0 Å². The molecule has 8 fully saturated rings. The predicted molar refractivity (Wildman–Crippen MR) is 98.2 cm³/mol. The SMILES string of the molecule is c1ncn(C23CC4CC(CC(C4)C2)C3)c1C12CC3CC(CC(C3)C1)C2. The Hall–Kier alpha value is -0.790. The summed E-state index contributed by atoms with van der Waals surface area (Å²) in [6.07, 6.45) is 22.7. The molecule has 2 nitrogen and oxygen atoms in total. The zero-order valence-electron chi connectivity index (χ0n) is 15.5. The maximum atomic E-state index is 4.80. The van der Waals surface area contributed by atoms with Gasteiger partial charge in [0, 0.05) is 22.8 Å². The number of imidazole rings is 1. The third kappa shape index (κ3) is 1.85. The first kappa shape index (κ1) is 14.3. The molecule has 134 valence electrons. The van der Waals surface area contributed by atoms with Gasteiger partial charge in [0.25, 0.3) is 0 Å². The maximum absolute atomic E-state index is 4.80. The van der Waals surface area contributed by atoms with E-state index in [1.807, 2.05) is 0 Å². The third-order valence-electron chi connectivity index (χ3n) is 9.74. The van der Waals surface area contributed by atoms with E-state index in [0.717, 1.165) is 35.5 Å². The van der Waals surface area contributed by atoms with Crippen LogP contribution in [0.25, 0.3) is 0 Å². The van der Waals surface area contributed by atoms with Crippen molar-refractivity contribution in [3.63, 3.8) is 0 Å². The average Bonchev–Trinajstić information content (AvgIpc) is 3.03. The lowest BCUT2D eigenvalue weighted by atomic mass is 9.48. The van der Waals surface area contributed by atoms with Gasteiger partial charge in [0.2, 0.25) is 0 Å². The third-order valence-corrected chi connectivity index (χ3v) is 9.74. The van der Waals surface area contributed by atoms with E-state index < -0.39 is 0 Å². The summed E-state index contributed by atoms with van der Waals surface area (Å²) in [7, 11) is 0. The molecule has 1 aromatic heterocycles. The number of aromatic nitrogens is 2. The van der Waals surface area contributed by atoms with Crippen LogP contribution in [0.3, 0.4) is 0 Å². The van der Waals surface area contributed by atoms with Crippen molar-refractivity contribution in [1.82, 2.24) is 9.55 Å². The Kier molecular flexibility index (Phi) is 2.60. The van der Waals surface area contributed by atoms with Gasteiger partial charge in [-0.25, -0.2) is 4.98 Å². The quantitative estimate of drug-likeness (QED) is 0.719. The van der Waals surface area contributed by atoms with Gasteiger partial charge in [-0.2, -0.15) is 0 Å². The summed E-state index contributed by atoms with van der Waals surface area (Å²) in [5.41, 5.74) is 2.66. The molecule has 8 aliphatic rings. The molecule has 0 radical (unpaired) electrons. The lowest BCUT2D eigenvalue weighted by Gasteiger charge is -2.60. The van der Waals surface area contributed by atoms with E-state index in [1.165, 1.54) is 38.5 Å². The molecular formula is C23H32N2. The molecule has 0 amide bonds. The molecule has 0 saturated heterocycles. The highest BCUT2D eigenvalue weighted by Gasteiger charge is 2.56. The minimum Gasteiger partial charge on any atom is -0.328 e. The van der Waals surface area contributed by atoms with Crippen LogP contribution in [0.2, 0.25) is 0 Å². The topological polar surface area (TPSA) is 17.8 Å². The molecule has 1 heterocycles. The standard InChI is InChI=1S/C23H32N2/c1-15-2-17-3-16(1)8-22(7-15,9-17)21-13-24-14-25(21)23-10-18-4-19(11-23)6-20(5-18)12-23/h13-20H,1-12H2. The fourth-order valence-electron chi connectivity index (χ4n) is 9.85. The van der Waals surface area contributed by atoms with Crippen molar-refractivity contribution in [3.8, 4) is 0 Å². The lowest BCUT2D eigenvalue weighted by Crippen LogP contribution is -2.55. The minimum atomic E-state index is 0.462. The molecular weight excluding hydrogens is 304 g/mol. The van der Waals surface area contributed by atoms with Gasteiger partial charge in [0.1, 0.15) is 0 Å². The number of rotatable bonds is 2. The monoisotopic (exact) mass is 336 g/mol. The zero-order chi connectivity index (χ0) is 16.2. The van der Waals surface area contributed by atoms with Crippen molar-refractivity contribution in [2.24, 2.45) is 35.5 Å². The van der Waals surface area contributed by atoms with Gasteiger partial charge < -0.3 is 4.57 Å². The average molecular weight is 337 g/mol. The molecule has 0 unspecified atom stereocenters. The number of hydrogen-bond donors (Lipinski definition) is 0. The Bertz CT molecular complexity index is 584. The smallest absolute Gasteiger partial charge is 0.0953 e. The Balaban J connectivity index is 1.33. The normalized spacial score (nSPS) is 55.2. The lowest BCUT2D eigenvalue weighted by molar-refractivity contribution is -0.0538. The van der Waals surface area contributed by atoms with Crippen LogP contribution in [-0.4, -0.2) is 9.55 Å². The highest BCUT2D eigenvalue weighted by Crippen LogP contribution is 2.63. The van der Waals surface area contributed by atoms with Crippen molar-refractivity contribution in [3.05, 3.63) is 18.2 Å². The fourth-order valence-corrected chi connectivity index (χ4v) is 9.85. The number of nitrogens with zero attached hydrogens (tertiary/aromatic N) is 2. The van der Waals surface area contributed by atoms with Gasteiger partial charge in [-0.1, -0.05) is 0 Å². The maximum Gasteiger partial charge on any atom is 0.0953 e. The molecule has 0 N–H and O–H groups in total. The second-order valence-electron chi connectivity index (χ2n) is 11.5. The van der Waals surface area contributed by atoms with Crippen LogP contribution >= 0.6 is 0 Å². The van der Waals surface area contributed by atoms with Crippen LogP contribution in [0.4, 0.5) is 0 Å². The summed E-state index contributed by atoms with van der Waals surface area (Å²) in [5, 5.41) is 0. The summed E-state index contributed by atoms with van der Waals surface area (Å²) in [4.78, 5) is 4.80. The van der Waals surface area contributed by atoms with E-state index in [9.17, 15) is 0 Å². The van der Waals surface area contributed by atoms with Crippen LogP contribution in [0.1, 0.15) is 82.7 Å². The molecule has 0 aliphatic heterocycles. The zero-order valence-corrected chi connectivity index (χ0v) is 15.5. The van der Waals surface area contributed by atoms with Gasteiger partial charge in [0.05, 0.1) is 6.33 Å². The summed E-state index contributed by atoms with van der Waals surface area (Å²) < 4.78 is 2.81. The van der Waals surface area contributed by atoms with E-state index in [1.54, 1.807) is 44.2 Å². The number of hydrogen-bond acceptors (Lipinski definition) is 1. The second-order valence-corrected chi connectivity index (χ2v) is 11.5. The fraction of sp³-hybridized carbons (Fsp3) is 0.870. The molecule has 8 bridgehead atoms. The van der Waals surface area contributed by atoms with E-state index >= 15 is 0 Å². The molecule has 0 aromatic carbocycles. The highest BCUT2D eigenvalue weighted by molar-refractivity contribution is 5.25. The first-order valence-corrected chi connectivity index (χ1v) is 11.2. The van der Waals surface area contributed by atoms with Crippen LogP contribution in [0.15, 0.2) is 12.5 Å². The van der Waals surface area contributed by atoms with Crippen molar-refractivity contribution < 1.29 is 0 Å². The van der Waals surface area contributed by atoms with E-state index in [2.05, 4.69) is 17.1 Å². The van der Waals surface area contributed by atoms with Crippen molar-refractivity contribution in [1.29, 1.82) is 0 Å². The summed E-state index contributed by atoms with van der Waals surface area (Å²) in [6.45, 7) is 0. The molecule has 2 heteroatoms. The Morgan fingerprint density at radius 2 is 1.12 bits per heavy atom. The van der Waals surface area contributed by atoms with Crippen molar-refractivity contribution in [2.75, 3.05) is 0 Å². The van der Waals surface area contributed by atoms with E-state index in [-0.39, 0.29) is 0 Å². The molecule has 0 atom stereocenters. The van der Waals surface area contributed by atoms with Crippen LogP contribution in [0, 0.1) is 35.5 Å². The van der Waals surface area contributed by atoms with E-state index in [4.69, 9.17) is 4.98 Å². The molecule has 1 aromatic rings. The second kappa shape index (κ2) is 4.54. The van der Waals surface area contributed by atoms with Crippen LogP contribution in [-0.2, 0) is 11.0 Å². The highest BCUT2D eigenvalue weighted by atomic mass is 15.1. The van der Waals surface area contributed by atoms with Crippen molar-refractivity contribution in [2.45, 2.75) is 88.0 Å². The van der Waals surface area contributed by atoms with Crippen molar-refractivity contribution >= 4 is 0 Å². The summed E-state index contributed by atoms with van der Waals surface area (Å²) >= 11 is 0. The summed E-state index contributed by atoms with van der Waals surface area (Å²) in [6, 6.07) is 0. The molecule has 8 aliphatic carbocycles. The van der Waals surface area contributed by atoms with Crippen LogP contribution in [0.5, 0.6) is 0 Å². The Labute approximate surface area is 151 Å².